The third-order valence-corrected chi connectivity index (χ3v) is 5.42. The van der Waals surface area contributed by atoms with Crippen molar-refractivity contribution in [1.29, 1.82) is 0 Å². The van der Waals surface area contributed by atoms with Crippen LogP contribution in [0.3, 0.4) is 0 Å². The van der Waals surface area contributed by atoms with Gasteiger partial charge in [-0.2, -0.15) is 0 Å². The molecule has 2 aromatic carbocycles. The molecule has 0 fully saturated rings. The maximum atomic E-state index is 14.0. The molecule has 0 saturated heterocycles. The molecule has 0 radical (unpaired) electrons. The number of aromatic nitrogens is 2. The third kappa shape index (κ3) is 4.27. The lowest BCUT2D eigenvalue weighted by molar-refractivity contribution is 0.139. The van der Waals surface area contributed by atoms with E-state index < -0.39 is 18.0 Å². The van der Waals surface area contributed by atoms with Crippen molar-refractivity contribution in [3.8, 4) is 11.4 Å². The van der Waals surface area contributed by atoms with Gasteiger partial charge in [-0.15, -0.1) is 0 Å². The minimum atomic E-state index is -0.947. The number of benzene rings is 2. The van der Waals surface area contributed by atoms with Gasteiger partial charge in [-0.25, -0.2) is 19.2 Å². The Hall–Kier alpha value is -3.03. The molecule has 8 heteroatoms. The highest BCUT2D eigenvalue weighted by Crippen LogP contribution is 2.25. The molecule has 0 spiro atoms. The lowest BCUT2D eigenvalue weighted by atomic mass is 9.99. The van der Waals surface area contributed by atoms with E-state index in [-0.39, 0.29) is 13.0 Å². The van der Waals surface area contributed by atoms with Crippen molar-refractivity contribution >= 4 is 17.7 Å². The fourth-order valence-electron chi connectivity index (χ4n) is 3.49. The van der Waals surface area contributed by atoms with Gasteiger partial charge in [-0.1, -0.05) is 41.9 Å². The molecule has 1 atom stereocenters. The number of rotatable bonds is 4. The highest BCUT2D eigenvalue weighted by molar-refractivity contribution is 6.30. The average molecular weight is 428 g/mol. The molecule has 1 amide bonds. The highest BCUT2D eigenvalue weighted by Gasteiger charge is 2.22. The first kappa shape index (κ1) is 20.3. The lowest BCUT2D eigenvalue weighted by Gasteiger charge is -2.25. The topological polar surface area (TPSA) is 86.5 Å². The van der Waals surface area contributed by atoms with Crippen molar-refractivity contribution < 1.29 is 19.4 Å². The van der Waals surface area contributed by atoms with Crippen molar-refractivity contribution in [2.45, 2.75) is 25.5 Å². The van der Waals surface area contributed by atoms with E-state index in [4.69, 9.17) is 16.7 Å². The molecule has 6 nitrogen and oxygen atoms in total. The fourth-order valence-corrected chi connectivity index (χ4v) is 3.65. The molecular formula is C22H19ClFN3O3. The molecule has 2 heterocycles. The van der Waals surface area contributed by atoms with E-state index >= 15 is 0 Å². The van der Waals surface area contributed by atoms with E-state index in [1.54, 1.807) is 30.5 Å². The Morgan fingerprint density at radius 2 is 2.00 bits per heavy atom. The summed E-state index contributed by atoms with van der Waals surface area (Å²) in [6, 6.07) is 11.6. The molecule has 4 rings (SSSR count). The van der Waals surface area contributed by atoms with E-state index in [2.05, 4.69) is 9.97 Å². The van der Waals surface area contributed by atoms with Crippen molar-refractivity contribution in [2.24, 2.45) is 0 Å². The van der Waals surface area contributed by atoms with E-state index in [0.29, 0.717) is 34.9 Å². The van der Waals surface area contributed by atoms with Gasteiger partial charge < -0.3 is 15.1 Å². The average Bonchev–Trinajstić information content (AvgIpc) is 2.75. The second kappa shape index (κ2) is 8.38. The zero-order valence-corrected chi connectivity index (χ0v) is 16.7. The molecule has 1 unspecified atom stereocenters. The molecule has 0 aliphatic carbocycles. The summed E-state index contributed by atoms with van der Waals surface area (Å²) in [4.78, 5) is 21.4. The number of nitrogens with zero attached hydrogens (tertiary/aromatic N) is 3. The Morgan fingerprint density at radius 1 is 1.23 bits per heavy atom. The first-order chi connectivity index (χ1) is 14.4. The Labute approximate surface area is 177 Å². The number of aliphatic hydroxyl groups excluding tert-OH is 1. The first-order valence-corrected chi connectivity index (χ1v) is 9.83. The molecule has 2 N–H and O–H groups in total. The van der Waals surface area contributed by atoms with Gasteiger partial charge in [0.2, 0.25) is 0 Å². The first-order valence-electron chi connectivity index (χ1n) is 9.45. The van der Waals surface area contributed by atoms with Crippen molar-refractivity contribution in [3.05, 3.63) is 81.9 Å². The minimum Gasteiger partial charge on any atom is -0.465 e. The zero-order valence-electron chi connectivity index (χ0n) is 15.9. The Morgan fingerprint density at radius 3 is 2.70 bits per heavy atom. The maximum absolute atomic E-state index is 14.0. The summed E-state index contributed by atoms with van der Waals surface area (Å²) in [5, 5.41) is 19.9. The predicted octanol–water partition coefficient (Wildman–Crippen LogP) is 4.25. The van der Waals surface area contributed by atoms with Gasteiger partial charge >= 0.3 is 6.09 Å². The van der Waals surface area contributed by atoms with Crippen LogP contribution in [0.25, 0.3) is 11.4 Å². The Bertz CT molecular complexity index is 1090. The minimum absolute atomic E-state index is 0.137. The normalized spacial score (nSPS) is 14.3. The van der Waals surface area contributed by atoms with Gasteiger partial charge in [0.1, 0.15) is 5.82 Å². The van der Waals surface area contributed by atoms with Crippen LogP contribution in [-0.2, 0) is 19.4 Å². The smallest absolute Gasteiger partial charge is 0.407 e. The number of fused-ring (bicyclic) bond motifs is 1. The van der Waals surface area contributed by atoms with Crippen molar-refractivity contribution in [3.63, 3.8) is 0 Å². The number of carboxylic acid groups (broad SMARTS) is 1. The maximum Gasteiger partial charge on any atom is 0.407 e. The van der Waals surface area contributed by atoms with Crippen LogP contribution in [0.1, 0.15) is 28.5 Å². The second-order valence-corrected chi connectivity index (χ2v) is 7.63. The van der Waals surface area contributed by atoms with Crippen LogP contribution in [0.2, 0.25) is 5.02 Å². The summed E-state index contributed by atoms with van der Waals surface area (Å²) in [6.07, 6.45) is 0.538. The Balaban J connectivity index is 1.49. The van der Waals surface area contributed by atoms with E-state index in [1.165, 1.54) is 11.0 Å². The summed E-state index contributed by atoms with van der Waals surface area (Å²) >= 11 is 5.77. The van der Waals surface area contributed by atoms with Gasteiger partial charge in [0, 0.05) is 41.7 Å². The second-order valence-electron chi connectivity index (χ2n) is 7.20. The molecule has 154 valence electrons. The number of hydrogen-bond acceptors (Lipinski definition) is 4. The quantitative estimate of drug-likeness (QED) is 0.650. The van der Waals surface area contributed by atoms with Crippen LogP contribution in [-0.4, -0.2) is 37.7 Å². The summed E-state index contributed by atoms with van der Waals surface area (Å²) in [6.45, 7) is 0.697. The molecular weight excluding hydrogens is 409 g/mol. The summed E-state index contributed by atoms with van der Waals surface area (Å²) in [7, 11) is 0. The molecule has 30 heavy (non-hydrogen) atoms. The van der Waals surface area contributed by atoms with Crippen LogP contribution < -0.4 is 0 Å². The third-order valence-electron chi connectivity index (χ3n) is 5.19. The SMILES string of the molecule is O=C(O)N1CCc2nc(-c3ccc(C(O)Cc4ccc(Cl)cc4F)cc3)ncc2C1. The van der Waals surface area contributed by atoms with Gasteiger partial charge in [0.25, 0.3) is 0 Å². The Kier molecular flexibility index (Phi) is 5.65. The number of aliphatic hydroxyl groups is 1. The molecule has 0 bridgehead atoms. The molecule has 1 aliphatic rings. The highest BCUT2D eigenvalue weighted by atomic mass is 35.5. The van der Waals surface area contributed by atoms with Crippen LogP contribution in [0.15, 0.2) is 48.7 Å². The van der Waals surface area contributed by atoms with Crippen LogP contribution in [0.5, 0.6) is 0 Å². The molecule has 3 aromatic rings. The predicted molar refractivity (Wildman–Crippen MR) is 110 cm³/mol. The van der Waals surface area contributed by atoms with Gasteiger partial charge in [-0.05, 0) is 23.3 Å². The summed E-state index contributed by atoms with van der Waals surface area (Å²) in [5.74, 6) is 0.101. The van der Waals surface area contributed by atoms with Crippen molar-refractivity contribution in [2.75, 3.05) is 6.54 Å². The monoisotopic (exact) mass is 427 g/mol. The van der Waals surface area contributed by atoms with Gasteiger partial charge in [0.15, 0.2) is 5.82 Å². The van der Waals surface area contributed by atoms with Crippen LogP contribution in [0, 0.1) is 5.82 Å². The summed E-state index contributed by atoms with van der Waals surface area (Å²) < 4.78 is 14.0. The van der Waals surface area contributed by atoms with Gasteiger partial charge in [0.05, 0.1) is 18.3 Å². The largest absolute Gasteiger partial charge is 0.465 e. The molecule has 1 aliphatic heterocycles. The van der Waals surface area contributed by atoms with E-state index in [1.807, 2.05) is 12.1 Å². The summed E-state index contributed by atoms with van der Waals surface area (Å²) in [5.41, 5.74) is 3.49. The lowest BCUT2D eigenvalue weighted by Crippen LogP contribution is -2.35. The molecule has 0 saturated carbocycles. The van der Waals surface area contributed by atoms with Crippen LogP contribution >= 0.6 is 11.6 Å². The number of hydrogen-bond donors (Lipinski definition) is 2. The van der Waals surface area contributed by atoms with Gasteiger partial charge in [-0.3, -0.25) is 0 Å². The standard InChI is InChI=1S/C22H19ClFN3O3/c23-17-6-5-15(18(24)10-17)9-20(28)13-1-3-14(4-2-13)21-25-11-16-12-27(22(29)30)8-7-19(16)26-21/h1-6,10-11,20,28H,7-9,12H2,(H,29,30). The number of amides is 1. The number of halogens is 2. The van der Waals surface area contributed by atoms with E-state index in [0.717, 1.165) is 16.8 Å². The zero-order chi connectivity index (χ0) is 21.3. The molecule has 1 aromatic heterocycles. The van der Waals surface area contributed by atoms with Crippen molar-refractivity contribution in [1.82, 2.24) is 14.9 Å². The fraction of sp³-hybridized carbons (Fsp3) is 0.227. The van der Waals surface area contributed by atoms with Crippen LogP contribution in [0.4, 0.5) is 9.18 Å². The number of carbonyl (C=O) groups is 1. The van der Waals surface area contributed by atoms with E-state index in [9.17, 15) is 14.3 Å².